The fourth-order valence-corrected chi connectivity index (χ4v) is 4.83. The Morgan fingerprint density at radius 1 is 1.14 bits per heavy atom. The molecule has 1 aromatic carbocycles. The van der Waals surface area contributed by atoms with Crippen LogP contribution >= 0.6 is 0 Å². The molecule has 7 nitrogen and oxygen atoms in total. The topological polar surface area (TPSA) is 107 Å². The Kier molecular flexibility index (Phi) is 6.90. The number of hydrogen-bond donors (Lipinski definition) is 3. The lowest BCUT2D eigenvalue weighted by atomic mass is 9.84. The summed E-state index contributed by atoms with van der Waals surface area (Å²) in [5.41, 5.74) is 1.04. The number of aliphatic carboxylic acids is 2. The zero-order valence-electron chi connectivity index (χ0n) is 16.8. The van der Waals surface area contributed by atoms with Gasteiger partial charge in [0.2, 0.25) is 5.91 Å². The van der Waals surface area contributed by atoms with Gasteiger partial charge in [-0.1, -0.05) is 43.2 Å². The van der Waals surface area contributed by atoms with Crippen molar-refractivity contribution in [2.24, 2.45) is 5.92 Å². The van der Waals surface area contributed by atoms with E-state index in [1.54, 1.807) is 6.92 Å². The van der Waals surface area contributed by atoms with Crippen LogP contribution in [0.15, 0.2) is 30.3 Å². The van der Waals surface area contributed by atoms with Gasteiger partial charge in [0.25, 0.3) is 0 Å². The zero-order valence-corrected chi connectivity index (χ0v) is 16.8. The minimum absolute atomic E-state index is 0.0470. The third-order valence-electron chi connectivity index (χ3n) is 6.31. The standard InChI is InChI=1S/C22H30N2O5/c1-14(23-17(21(26)27)12-11-15-7-3-2-4-8-15)20(25)24-18-10-6-5-9-16(18)13-19(24)22(28)29/h2-4,7-8,14,16-19,23H,5-6,9-13H2,1H3,(H,26,27)(H,28,29)/t14-,16?,17-,18?,19-/m0/s1. The Morgan fingerprint density at radius 2 is 1.83 bits per heavy atom. The number of carboxylic acids is 2. The number of carbonyl (C=O) groups excluding carboxylic acids is 1. The Labute approximate surface area is 171 Å². The predicted octanol–water partition coefficient (Wildman–Crippen LogP) is 2.29. The van der Waals surface area contributed by atoms with Crippen molar-refractivity contribution in [2.75, 3.05) is 0 Å². The number of benzene rings is 1. The van der Waals surface area contributed by atoms with E-state index in [2.05, 4.69) is 5.32 Å². The van der Waals surface area contributed by atoms with E-state index in [-0.39, 0.29) is 17.9 Å². The molecule has 1 saturated heterocycles. The van der Waals surface area contributed by atoms with Crippen molar-refractivity contribution in [3.8, 4) is 0 Å². The van der Waals surface area contributed by atoms with Crippen molar-refractivity contribution in [3.05, 3.63) is 35.9 Å². The van der Waals surface area contributed by atoms with Gasteiger partial charge < -0.3 is 15.1 Å². The summed E-state index contributed by atoms with van der Waals surface area (Å²) in [7, 11) is 0. The van der Waals surface area contributed by atoms with Crippen LogP contribution in [0.4, 0.5) is 0 Å². The molecule has 0 radical (unpaired) electrons. The molecule has 7 heteroatoms. The lowest BCUT2D eigenvalue weighted by molar-refractivity contribution is -0.151. The lowest BCUT2D eigenvalue weighted by Gasteiger charge is -2.35. The molecule has 3 N–H and O–H groups in total. The van der Waals surface area contributed by atoms with Gasteiger partial charge >= 0.3 is 11.9 Å². The first-order valence-electron chi connectivity index (χ1n) is 10.5. The Balaban J connectivity index is 1.66. The monoisotopic (exact) mass is 402 g/mol. The van der Waals surface area contributed by atoms with Gasteiger partial charge in [0.15, 0.2) is 0 Å². The molecule has 1 amide bonds. The Hall–Kier alpha value is -2.41. The second-order valence-electron chi connectivity index (χ2n) is 8.25. The quantitative estimate of drug-likeness (QED) is 0.616. The summed E-state index contributed by atoms with van der Waals surface area (Å²) in [5, 5.41) is 22.2. The SMILES string of the molecule is C[C@H](N[C@@H](CCc1ccccc1)C(=O)O)C(=O)N1C2CCCCC2C[C@H]1C(=O)O. The van der Waals surface area contributed by atoms with Gasteiger partial charge in [-0.2, -0.15) is 0 Å². The molecule has 2 aliphatic rings. The molecular formula is C22H30N2O5. The number of aryl methyl sites for hydroxylation is 1. The average Bonchev–Trinajstić information content (AvgIpc) is 3.10. The van der Waals surface area contributed by atoms with Crippen LogP contribution in [0.5, 0.6) is 0 Å². The molecule has 0 aromatic heterocycles. The molecule has 2 unspecified atom stereocenters. The number of fused-ring (bicyclic) bond motifs is 1. The van der Waals surface area contributed by atoms with Gasteiger partial charge in [-0.05, 0) is 50.5 Å². The fraction of sp³-hybridized carbons (Fsp3) is 0.591. The highest BCUT2D eigenvalue weighted by Crippen LogP contribution is 2.40. The molecule has 29 heavy (non-hydrogen) atoms. The number of nitrogens with zero attached hydrogens (tertiary/aromatic N) is 1. The highest BCUT2D eigenvalue weighted by molar-refractivity contribution is 5.88. The van der Waals surface area contributed by atoms with Crippen molar-refractivity contribution in [1.82, 2.24) is 10.2 Å². The van der Waals surface area contributed by atoms with E-state index in [0.29, 0.717) is 19.3 Å². The van der Waals surface area contributed by atoms with Crippen molar-refractivity contribution in [3.63, 3.8) is 0 Å². The highest BCUT2D eigenvalue weighted by atomic mass is 16.4. The second-order valence-corrected chi connectivity index (χ2v) is 8.25. The third-order valence-corrected chi connectivity index (χ3v) is 6.31. The first-order valence-corrected chi connectivity index (χ1v) is 10.5. The summed E-state index contributed by atoms with van der Waals surface area (Å²) in [6.45, 7) is 1.63. The van der Waals surface area contributed by atoms with E-state index in [4.69, 9.17) is 0 Å². The first kappa shape index (κ1) is 21.3. The zero-order chi connectivity index (χ0) is 21.0. The number of hydrogen-bond acceptors (Lipinski definition) is 4. The molecular weight excluding hydrogens is 372 g/mol. The third kappa shape index (κ3) is 4.96. The molecule has 1 aromatic rings. The smallest absolute Gasteiger partial charge is 0.326 e. The molecule has 158 valence electrons. The van der Waals surface area contributed by atoms with Crippen LogP contribution in [0.2, 0.25) is 0 Å². The largest absolute Gasteiger partial charge is 0.480 e. The van der Waals surface area contributed by atoms with E-state index in [9.17, 15) is 24.6 Å². The van der Waals surface area contributed by atoms with Crippen molar-refractivity contribution < 1.29 is 24.6 Å². The van der Waals surface area contributed by atoms with Gasteiger partial charge in [0.1, 0.15) is 12.1 Å². The van der Waals surface area contributed by atoms with Gasteiger partial charge in [-0.3, -0.25) is 14.9 Å². The second kappa shape index (κ2) is 9.39. The van der Waals surface area contributed by atoms with Crippen molar-refractivity contribution in [1.29, 1.82) is 0 Å². The van der Waals surface area contributed by atoms with Crippen LogP contribution in [0.1, 0.15) is 51.0 Å². The van der Waals surface area contributed by atoms with Crippen LogP contribution in [0, 0.1) is 5.92 Å². The Bertz CT molecular complexity index is 738. The van der Waals surface area contributed by atoms with Gasteiger partial charge in [-0.25, -0.2) is 4.79 Å². The van der Waals surface area contributed by atoms with E-state index in [1.807, 2.05) is 30.3 Å². The number of carboxylic acid groups (broad SMARTS) is 2. The van der Waals surface area contributed by atoms with E-state index < -0.39 is 30.1 Å². The van der Waals surface area contributed by atoms with Crippen LogP contribution in [-0.2, 0) is 20.8 Å². The van der Waals surface area contributed by atoms with Crippen molar-refractivity contribution in [2.45, 2.75) is 76.0 Å². The molecule has 0 bridgehead atoms. The minimum Gasteiger partial charge on any atom is -0.480 e. The summed E-state index contributed by atoms with van der Waals surface area (Å²) in [6, 6.07) is 7.12. The lowest BCUT2D eigenvalue weighted by Crippen LogP contribution is -2.55. The molecule has 0 spiro atoms. The maximum atomic E-state index is 13.2. The summed E-state index contributed by atoms with van der Waals surface area (Å²) < 4.78 is 0. The average molecular weight is 402 g/mol. The van der Waals surface area contributed by atoms with Crippen LogP contribution in [-0.4, -0.2) is 57.1 Å². The molecule has 1 aliphatic heterocycles. The first-order chi connectivity index (χ1) is 13.9. The fourth-order valence-electron chi connectivity index (χ4n) is 4.83. The maximum Gasteiger partial charge on any atom is 0.326 e. The maximum absolute atomic E-state index is 13.2. The van der Waals surface area contributed by atoms with E-state index in [0.717, 1.165) is 31.2 Å². The minimum atomic E-state index is -1.01. The van der Waals surface area contributed by atoms with Crippen LogP contribution in [0.25, 0.3) is 0 Å². The summed E-state index contributed by atoms with van der Waals surface area (Å²) in [6.07, 6.45) is 5.27. The van der Waals surface area contributed by atoms with Gasteiger partial charge in [0, 0.05) is 6.04 Å². The molecule has 3 rings (SSSR count). The van der Waals surface area contributed by atoms with Gasteiger partial charge in [0.05, 0.1) is 6.04 Å². The molecule has 1 aliphatic carbocycles. The number of nitrogens with one attached hydrogen (secondary N) is 1. The van der Waals surface area contributed by atoms with E-state index in [1.165, 1.54) is 4.90 Å². The number of amides is 1. The molecule has 1 heterocycles. The predicted molar refractivity (Wildman–Crippen MR) is 107 cm³/mol. The van der Waals surface area contributed by atoms with Crippen LogP contribution < -0.4 is 5.32 Å². The molecule has 5 atom stereocenters. The Morgan fingerprint density at radius 3 is 2.48 bits per heavy atom. The van der Waals surface area contributed by atoms with E-state index >= 15 is 0 Å². The molecule has 1 saturated carbocycles. The summed E-state index contributed by atoms with van der Waals surface area (Å²) >= 11 is 0. The van der Waals surface area contributed by atoms with Crippen molar-refractivity contribution >= 4 is 17.8 Å². The summed E-state index contributed by atoms with van der Waals surface area (Å²) in [5.74, 6) is -2.06. The summed E-state index contributed by atoms with van der Waals surface area (Å²) in [4.78, 5) is 38.2. The molecule has 2 fully saturated rings. The van der Waals surface area contributed by atoms with Crippen LogP contribution in [0.3, 0.4) is 0 Å². The number of likely N-dealkylation sites (tertiary alicyclic amines) is 1. The number of carbonyl (C=O) groups is 3. The number of rotatable bonds is 8. The van der Waals surface area contributed by atoms with Gasteiger partial charge in [-0.15, -0.1) is 0 Å². The normalized spacial score (nSPS) is 25.8. The highest BCUT2D eigenvalue weighted by Gasteiger charge is 2.48.